The van der Waals surface area contributed by atoms with Gasteiger partial charge in [0.1, 0.15) is 0 Å². The Kier molecular flexibility index (Phi) is 5.88. The molecule has 0 radical (unpaired) electrons. The first-order valence-electron chi connectivity index (χ1n) is 10.3. The summed E-state index contributed by atoms with van der Waals surface area (Å²) in [5.74, 6) is -1.97. The molecule has 0 bridgehead atoms. The number of carbonyl (C=O) groups excluding carboxylic acids is 1. The molecule has 2 saturated carbocycles. The highest BCUT2D eigenvalue weighted by Crippen LogP contribution is 2.39. The summed E-state index contributed by atoms with van der Waals surface area (Å²) in [4.78, 5) is 20.9. The molecule has 6 nitrogen and oxygen atoms in total. The molecule has 2 aromatic rings. The number of aromatic nitrogens is 2. The molecule has 2 aliphatic carbocycles. The fraction of sp³-hybridized carbons (Fsp3) is 0.455. The van der Waals surface area contributed by atoms with Gasteiger partial charge in [-0.25, -0.2) is 18.7 Å². The molecule has 0 aliphatic heterocycles. The van der Waals surface area contributed by atoms with Gasteiger partial charge in [0.2, 0.25) is 5.95 Å². The number of nitrogens with one attached hydrogen (secondary N) is 2. The lowest BCUT2D eigenvalue weighted by atomic mass is 10.0. The number of benzene rings is 1. The van der Waals surface area contributed by atoms with E-state index in [1.165, 1.54) is 12.1 Å². The smallest absolute Gasteiger partial charge is 0.254 e. The van der Waals surface area contributed by atoms with E-state index >= 15 is 0 Å². The zero-order valence-electron chi connectivity index (χ0n) is 16.5. The van der Waals surface area contributed by atoms with Crippen LogP contribution in [0.1, 0.15) is 66.9 Å². The number of nitriles is 1. The van der Waals surface area contributed by atoms with E-state index < -0.39 is 17.5 Å². The van der Waals surface area contributed by atoms with E-state index in [0.29, 0.717) is 18.3 Å². The lowest BCUT2D eigenvalue weighted by molar-refractivity contribution is 0.0932. The lowest BCUT2D eigenvalue weighted by Gasteiger charge is -2.15. The third kappa shape index (κ3) is 4.56. The summed E-state index contributed by atoms with van der Waals surface area (Å²) < 4.78 is 29.2. The van der Waals surface area contributed by atoms with Crippen LogP contribution in [0, 0.1) is 28.9 Å². The van der Waals surface area contributed by atoms with Crippen LogP contribution >= 0.6 is 0 Å². The Morgan fingerprint density at radius 2 is 2.00 bits per heavy atom. The predicted octanol–water partition coefficient (Wildman–Crippen LogP) is 4.58. The summed E-state index contributed by atoms with van der Waals surface area (Å²) in [5.41, 5.74) is 0.439. The van der Waals surface area contributed by atoms with Gasteiger partial charge < -0.3 is 10.6 Å². The average molecular weight is 411 g/mol. The molecule has 0 spiro atoms. The number of hydrogen-bond donors (Lipinski definition) is 2. The normalized spacial score (nSPS) is 20.6. The molecule has 1 heterocycles. The van der Waals surface area contributed by atoms with Crippen molar-refractivity contribution in [2.75, 3.05) is 5.32 Å². The van der Waals surface area contributed by atoms with Crippen molar-refractivity contribution in [2.24, 2.45) is 5.92 Å². The van der Waals surface area contributed by atoms with Gasteiger partial charge in [-0.15, -0.1) is 0 Å². The van der Waals surface area contributed by atoms with Gasteiger partial charge in [0.25, 0.3) is 5.91 Å². The second-order valence-electron chi connectivity index (χ2n) is 8.04. The van der Waals surface area contributed by atoms with Gasteiger partial charge in [0, 0.05) is 30.3 Å². The first-order valence-corrected chi connectivity index (χ1v) is 10.3. The van der Waals surface area contributed by atoms with Gasteiger partial charge in [-0.2, -0.15) is 5.26 Å². The maximum Gasteiger partial charge on any atom is 0.254 e. The number of hydrogen-bond acceptors (Lipinski definition) is 5. The van der Waals surface area contributed by atoms with Gasteiger partial charge in [0.15, 0.2) is 11.6 Å². The Hall–Kier alpha value is -3.08. The number of halogens is 2. The zero-order valence-corrected chi connectivity index (χ0v) is 16.5. The third-order valence-electron chi connectivity index (χ3n) is 5.79. The van der Waals surface area contributed by atoms with Crippen LogP contribution in [0.2, 0.25) is 0 Å². The van der Waals surface area contributed by atoms with Crippen LogP contribution in [-0.4, -0.2) is 21.9 Å². The van der Waals surface area contributed by atoms with Crippen molar-refractivity contribution in [2.45, 2.75) is 56.9 Å². The van der Waals surface area contributed by atoms with Crippen molar-refractivity contribution in [3.63, 3.8) is 0 Å². The summed E-state index contributed by atoms with van der Waals surface area (Å²) in [6.07, 6.45) is 7.48. The van der Waals surface area contributed by atoms with Gasteiger partial charge >= 0.3 is 0 Å². The highest BCUT2D eigenvalue weighted by Gasteiger charge is 2.28. The number of nitrogens with zero attached hydrogens (tertiary/aromatic N) is 3. The Bertz CT molecular complexity index is 986. The van der Waals surface area contributed by atoms with Crippen molar-refractivity contribution in [3.8, 4) is 6.07 Å². The molecule has 2 aliphatic rings. The number of anilines is 2. The molecular weight excluding hydrogens is 388 g/mol. The van der Waals surface area contributed by atoms with Crippen LogP contribution in [0.15, 0.2) is 24.4 Å². The maximum absolute atomic E-state index is 14.6. The van der Waals surface area contributed by atoms with E-state index in [4.69, 9.17) is 5.26 Å². The van der Waals surface area contributed by atoms with E-state index in [-0.39, 0.29) is 23.2 Å². The zero-order chi connectivity index (χ0) is 21.1. The van der Waals surface area contributed by atoms with Crippen LogP contribution in [0.5, 0.6) is 0 Å². The van der Waals surface area contributed by atoms with Gasteiger partial charge in [-0.3, -0.25) is 4.79 Å². The second-order valence-corrected chi connectivity index (χ2v) is 8.04. The third-order valence-corrected chi connectivity index (χ3v) is 5.79. The first-order chi connectivity index (χ1) is 14.5. The van der Waals surface area contributed by atoms with Crippen LogP contribution in [0.25, 0.3) is 0 Å². The highest BCUT2D eigenvalue weighted by molar-refractivity contribution is 5.95. The molecule has 1 aromatic heterocycles. The minimum atomic E-state index is -1.20. The summed E-state index contributed by atoms with van der Waals surface area (Å²) in [6, 6.07) is 6.46. The molecule has 1 amide bonds. The fourth-order valence-corrected chi connectivity index (χ4v) is 3.98. The van der Waals surface area contributed by atoms with Crippen molar-refractivity contribution < 1.29 is 13.6 Å². The Balaban J connectivity index is 1.42. The van der Waals surface area contributed by atoms with E-state index in [0.717, 1.165) is 44.2 Å². The molecule has 30 heavy (non-hydrogen) atoms. The SMILES string of the molecule is N#CCCC1CC[C@@H](NC(=O)c2ccc(Nc3nccc(C4CC4)n3)c(F)c2F)C1. The lowest BCUT2D eigenvalue weighted by Crippen LogP contribution is -2.33. The monoisotopic (exact) mass is 411 g/mol. The molecule has 8 heteroatoms. The predicted molar refractivity (Wildman–Crippen MR) is 107 cm³/mol. The molecule has 4 rings (SSSR count). The summed E-state index contributed by atoms with van der Waals surface area (Å²) in [5, 5.41) is 14.2. The standard InChI is InChI=1S/C22H23F2N5O/c23-19-16(21(30)27-15-6-3-13(12-15)2-1-10-25)7-8-18(20(19)24)29-22-26-11-9-17(28-22)14-4-5-14/h7-9,11,13-15H,1-6,12H2,(H,27,30)(H,26,28,29)/t13?,15-/m1/s1. The summed E-state index contributed by atoms with van der Waals surface area (Å²) in [7, 11) is 0. The number of amides is 1. The van der Waals surface area contributed by atoms with Crippen molar-refractivity contribution in [1.29, 1.82) is 5.26 Å². The Morgan fingerprint density at radius 1 is 1.17 bits per heavy atom. The first kappa shape index (κ1) is 20.2. The Morgan fingerprint density at radius 3 is 2.77 bits per heavy atom. The van der Waals surface area contributed by atoms with E-state index in [9.17, 15) is 13.6 Å². The molecule has 156 valence electrons. The second kappa shape index (κ2) is 8.74. The van der Waals surface area contributed by atoms with E-state index in [2.05, 4.69) is 26.7 Å². The van der Waals surface area contributed by atoms with Crippen LogP contribution in [0.3, 0.4) is 0 Å². The minimum Gasteiger partial charge on any atom is -0.349 e. The molecule has 1 unspecified atom stereocenters. The number of rotatable bonds is 7. The molecule has 0 saturated heterocycles. The topological polar surface area (TPSA) is 90.7 Å². The summed E-state index contributed by atoms with van der Waals surface area (Å²) >= 11 is 0. The van der Waals surface area contributed by atoms with Gasteiger partial charge in [-0.1, -0.05) is 0 Å². The average Bonchev–Trinajstić information content (AvgIpc) is 3.50. The van der Waals surface area contributed by atoms with Gasteiger partial charge in [0.05, 0.1) is 17.3 Å². The van der Waals surface area contributed by atoms with Crippen LogP contribution in [0.4, 0.5) is 20.4 Å². The molecule has 1 aromatic carbocycles. The molecular formula is C22H23F2N5O. The fourth-order valence-electron chi connectivity index (χ4n) is 3.98. The minimum absolute atomic E-state index is 0.0833. The molecule has 2 N–H and O–H groups in total. The molecule has 2 fully saturated rings. The Labute approximate surface area is 173 Å². The van der Waals surface area contributed by atoms with Crippen LogP contribution in [-0.2, 0) is 0 Å². The van der Waals surface area contributed by atoms with E-state index in [1.54, 1.807) is 6.20 Å². The van der Waals surface area contributed by atoms with Crippen molar-refractivity contribution in [3.05, 3.63) is 47.3 Å². The van der Waals surface area contributed by atoms with Crippen LogP contribution < -0.4 is 10.6 Å². The van der Waals surface area contributed by atoms with Crippen molar-refractivity contribution >= 4 is 17.5 Å². The quantitative estimate of drug-likeness (QED) is 0.696. The highest BCUT2D eigenvalue weighted by atomic mass is 19.2. The van der Waals surface area contributed by atoms with Crippen molar-refractivity contribution in [1.82, 2.24) is 15.3 Å². The maximum atomic E-state index is 14.6. The number of carbonyl (C=O) groups is 1. The van der Waals surface area contributed by atoms with Gasteiger partial charge in [-0.05, 0) is 62.6 Å². The molecule has 2 atom stereocenters. The summed E-state index contributed by atoms with van der Waals surface area (Å²) in [6.45, 7) is 0. The largest absolute Gasteiger partial charge is 0.349 e. The van der Waals surface area contributed by atoms with E-state index in [1.807, 2.05) is 6.07 Å².